The lowest BCUT2D eigenvalue weighted by Gasteiger charge is -2.06. The van der Waals surface area contributed by atoms with Crippen molar-refractivity contribution >= 4 is 28.6 Å². The van der Waals surface area contributed by atoms with Crippen LogP contribution in [0.4, 0.5) is 11.5 Å². The van der Waals surface area contributed by atoms with Crippen molar-refractivity contribution in [2.24, 2.45) is 0 Å². The predicted octanol–water partition coefficient (Wildman–Crippen LogP) is 2.85. The van der Waals surface area contributed by atoms with E-state index in [0.29, 0.717) is 11.2 Å². The molecule has 1 N–H and O–H groups in total. The molecule has 0 unspecified atom stereocenters. The van der Waals surface area contributed by atoms with Crippen LogP contribution in [0.1, 0.15) is 23.0 Å². The van der Waals surface area contributed by atoms with Crippen LogP contribution in [0.5, 0.6) is 0 Å². The largest absolute Gasteiger partial charge is 0.461 e. The molecule has 0 atom stereocenters. The number of hydrogen-bond donors (Lipinski definition) is 1. The number of carbonyl (C=O) groups excluding carboxylic acids is 1. The fourth-order valence-corrected chi connectivity index (χ4v) is 1.99. The monoisotopic (exact) mass is 298 g/mol. The third-order valence-electron chi connectivity index (χ3n) is 3.06. The van der Waals surface area contributed by atoms with Crippen LogP contribution in [0.25, 0.3) is 11.1 Å². The third-order valence-corrected chi connectivity index (χ3v) is 3.06. The number of rotatable bonds is 4. The summed E-state index contributed by atoms with van der Waals surface area (Å²) in [5.41, 5.74) is 2.27. The van der Waals surface area contributed by atoms with Gasteiger partial charge in [0.25, 0.3) is 5.71 Å². The molecule has 0 saturated carbocycles. The van der Waals surface area contributed by atoms with Gasteiger partial charge in [0.15, 0.2) is 0 Å². The maximum absolute atomic E-state index is 11.9. The van der Waals surface area contributed by atoms with E-state index in [1.807, 2.05) is 31.2 Å². The molecule has 2 aromatic heterocycles. The summed E-state index contributed by atoms with van der Waals surface area (Å²) in [6.07, 6.45) is 1.35. The van der Waals surface area contributed by atoms with Crippen LogP contribution < -0.4 is 5.32 Å². The van der Waals surface area contributed by atoms with Gasteiger partial charge in [-0.2, -0.15) is 4.98 Å². The van der Waals surface area contributed by atoms with E-state index in [-0.39, 0.29) is 18.0 Å². The van der Waals surface area contributed by atoms with Crippen LogP contribution in [-0.4, -0.2) is 27.7 Å². The quantitative estimate of drug-likeness (QED) is 0.740. The predicted molar refractivity (Wildman–Crippen MR) is 80.0 cm³/mol. The standard InChI is InChI=1S/C15H14N4O3/c1-3-21-15(20)12-11-13(16-8-17-14(11)22-19-12)18-10-6-4-9(2)5-7-10/h4-8H,3H2,1-2H3,(H,16,17,18). The molecule has 0 spiro atoms. The van der Waals surface area contributed by atoms with E-state index in [2.05, 4.69) is 20.4 Å². The van der Waals surface area contributed by atoms with Gasteiger partial charge in [-0.05, 0) is 26.0 Å². The first-order valence-corrected chi connectivity index (χ1v) is 6.80. The molecule has 0 amide bonds. The number of benzene rings is 1. The smallest absolute Gasteiger partial charge is 0.361 e. The van der Waals surface area contributed by atoms with Crippen LogP contribution in [0.3, 0.4) is 0 Å². The minimum atomic E-state index is -0.567. The summed E-state index contributed by atoms with van der Waals surface area (Å²) in [4.78, 5) is 20.1. The number of fused-ring (bicyclic) bond motifs is 1. The summed E-state index contributed by atoms with van der Waals surface area (Å²) in [5.74, 6) is -0.124. The van der Waals surface area contributed by atoms with Gasteiger partial charge in [-0.25, -0.2) is 9.78 Å². The van der Waals surface area contributed by atoms with Gasteiger partial charge in [-0.3, -0.25) is 0 Å². The van der Waals surface area contributed by atoms with E-state index in [1.165, 1.54) is 6.33 Å². The molecule has 0 saturated heterocycles. The molecule has 3 aromatic rings. The van der Waals surface area contributed by atoms with Crippen molar-refractivity contribution in [1.82, 2.24) is 15.1 Å². The average Bonchev–Trinajstić information content (AvgIpc) is 2.95. The number of ether oxygens (including phenoxy) is 1. The number of anilines is 2. The normalized spacial score (nSPS) is 10.6. The lowest BCUT2D eigenvalue weighted by atomic mass is 10.2. The maximum Gasteiger partial charge on any atom is 0.361 e. The molecule has 0 aliphatic carbocycles. The summed E-state index contributed by atoms with van der Waals surface area (Å²) in [6, 6.07) is 7.78. The summed E-state index contributed by atoms with van der Waals surface area (Å²) in [5, 5.41) is 7.28. The number of aryl methyl sites for hydroxylation is 1. The Bertz CT molecular complexity index is 811. The first-order valence-electron chi connectivity index (χ1n) is 6.80. The molecule has 3 rings (SSSR count). The lowest BCUT2D eigenvalue weighted by molar-refractivity contribution is 0.0517. The van der Waals surface area contributed by atoms with Gasteiger partial charge in [-0.15, -0.1) is 0 Å². The molecule has 2 heterocycles. The molecule has 7 heteroatoms. The van der Waals surface area contributed by atoms with Crippen molar-refractivity contribution in [3.63, 3.8) is 0 Å². The molecule has 0 fully saturated rings. The first kappa shape index (κ1) is 14.0. The second kappa shape index (κ2) is 5.80. The van der Waals surface area contributed by atoms with Crippen molar-refractivity contribution in [3.05, 3.63) is 41.9 Å². The van der Waals surface area contributed by atoms with Gasteiger partial charge in [0.05, 0.1) is 6.61 Å². The molecule has 0 aliphatic heterocycles. The Morgan fingerprint density at radius 1 is 1.27 bits per heavy atom. The first-order chi connectivity index (χ1) is 10.7. The summed E-state index contributed by atoms with van der Waals surface area (Å²) in [7, 11) is 0. The molecule has 0 radical (unpaired) electrons. The zero-order valence-electron chi connectivity index (χ0n) is 12.2. The molecular weight excluding hydrogens is 284 g/mol. The molecule has 22 heavy (non-hydrogen) atoms. The van der Waals surface area contributed by atoms with E-state index >= 15 is 0 Å². The fraction of sp³-hybridized carbons (Fsp3) is 0.200. The molecule has 112 valence electrons. The Hall–Kier alpha value is -2.96. The summed E-state index contributed by atoms with van der Waals surface area (Å²) < 4.78 is 10.0. The minimum absolute atomic E-state index is 0.0621. The summed E-state index contributed by atoms with van der Waals surface area (Å²) >= 11 is 0. The minimum Gasteiger partial charge on any atom is -0.461 e. The van der Waals surface area contributed by atoms with Gasteiger partial charge in [0.2, 0.25) is 5.69 Å². The Balaban J connectivity index is 2.03. The van der Waals surface area contributed by atoms with Gasteiger partial charge < -0.3 is 14.6 Å². The van der Waals surface area contributed by atoms with Gasteiger partial charge in [0.1, 0.15) is 17.5 Å². The van der Waals surface area contributed by atoms with Crippen LogP contribution in [-0.2, 0) is 4.74 Å². The van der Waals surface area contributed by atoms with Crippen molar-refractivity contribution < 1.29 is 14.1 Å². The highest BCUT2D eigenvalue weighted by atomic mass is 16.5. The van der Waals surface area contributed by atoms with E-state index in [0.717, 1.165) is 11.3 Å². The fourth-order valence-electron chi connectivity index (χ4n) is 1.99. The van der Waals surface area contributed by atoms with E-state index in [4.69, 9.17) is 9.26 Å². The number of aromatic nitrogens is 3. The van der Waals surface area contributed by atoms with Gasteiger partial charge in [0, 0.05) is 5.69 Å². The number of nitrogens with zero attached hydrogens (tertiary/aromatic N) is 3. The van der Waals surface area contributed by atoms with Crippen molar-refractivity contribution in [2.45, 2.75) is 13.8 Å². The molecule has 7 nitrogen and oxygen atoms in total. The second-order valence-electron chi connectivity index (χ2n) is 4.65. The van der Waals surface area contributed by atoms with Crippen molar-refractivity contribution in [1.29, 1.82) is 0 Å². The Morgan fingerprint density at radius 2 is 2.05 bits per heavy atom. The van der Waals surface area contributed by atoms with E-state index in [9.17, 15) is 4.79 Å². The number of esters is 1. The number of nitrogens with one attached hydrogen (secondary N) is 1. The number of carbonyl (C=O) groups is 1. The molecule has 1 aromatic carbocycles. The highest BCUT2D eigenvalue weighted by molar-refractivity contribution is 6.05. The zero-order chi connectivity index (χ0) is 15.5. The highest BCUT2D eigenvalue weighted by Gasteiger charge is 2.22. The Labute approximate surface area is 126 Å². The number of hydrogen-bond acceptors (Lipinski definition) is 7. The van der Waals surface area contributed by atoms with Crippen LogP contribution >= 0.6 is 0 Å². The SMILES string of the molecule is CCOC(=O)c1noc2ncnc(Nc3ccc(C)cc3)c12. The lowest BCUT2D eigenvalue weighted by Crippen LogP contribution is -2.06. The zero-order valence-corrected chi connectivity index (χ0v) is 12.2. The van der Waals surface area contributed by atoms with Crippen LogP contribution in [0.2, 0.25) is 0 Å². The van der Waals surface area contributed by atoms with Crippen LogP contribution in [0.15, 0.2) is 35.1 Å². The molecule has 0 bridgehead atoms. The Kier molecular flexibility index (Phi) is 3.69. The molecular formula is C15H14N4O3. The highest BCUT2D eigenvalue weighted by Crippen LogP contribution is 2.26. The Morgan fingerprint density at radius 3 is 2.77 bits per heavy atom. The van der Waals surface area contributed by atoms with E-state index in [1.54, 1.807) is 6.92 Å². The van der Waals surface area contributed by atoms with Gasteiger partial charge >= 0.3 is 5.97 Å². The van der Waals surface area contributed by atoms with E-state index < -0.39 is 5.97 Å². The summed E-state index contributed by atoms with van der Waals surface area (Å²) in [6.45, 7) is 3.98. The topological polar surface area (TPSA) is 90.1 Å². The third kappa shape index (κ3) is 2.60. The molecule has 0 aliphatic rings. The maximum atomic E-state index is 11.9. The van der Waals surface area contributed by atoms with Gasteiger partial charge in [-0.1, -0.05) is 22.9 Å². The van der Waals surface area contributed by atoms with Crippen molar-refractivity contribution in [2.75, 3.05) is 11.9 Å². The second-order valence-corrected chi connectivity index (χ2v) is 4.65. The average molecular weight is 298 g/mol. The van der Waals surface area contributed by atoms with Crippen LogP contribution in [0, 0.1) is 6.92 Å². The van der Waals surface area contributed by atoms with Crippen molar-refractivity contribution in [3.8, 4) is 0 Å².